The van der Waals surface area contributed by atoms with E-state index < -0.39 is 0 Å². The molecule has 0 spiro atoms. The Bertz CT molecular complexity index is 437. The van der Waals surface area contributed by atoms with Crippen molar-refractivity contribution in [1.29, 1.82) is 0 Å². The van der Waals surface area contributed by atoms with E-state index in [0.717, 1.165) is 0 Å². The summed E-state index contributed by atoms with van der Waals surface area (Å²) in [6, 6.07) is 4.89. The number of rotatable bonds is 3. The maximum atomic E-state index is 11.9. The summed E-state index contributed by atoms with van der Waals surface area (Å²) in [7, 11) is 1.60. The fourth-order valence-electron chi connectivity index (χ4n) is 1.18. The van der Waals surface area contributed by atoms with Crippen molar-refractivity contribution in [3.05, 3.63) is 33.8 Å². The predicted molar refractivity (Wildman–Crippen MR) is 70.2 cm³/mol. The summed E-state index contributed by atoms with van der Waals surface area (Å²) in [5.41, 5.74) is 5.70. The fourth-order valence-corrected chi connectivity index (χ4v) is 1.76. The summed E-state index contributed by atoms with van der Waals surface area (Å²) in [4.78, 5) is 13.6. The average molecular weight is 277 g/mol. The molecule has 0 radical (unpaired) electrons. The maximum absolute atomic E-state index is 11.9. The summed E-state index contributed by atoms with van der Waals surface area (Å²) in [5, 5.41) is 0.584. The number of amides is 1. The SMILES string of the molecule is CN(CC(N)=S)C(=O)c1cccc(Cl)c1Cl. The molecule has 0 bridgehead atoms. The van der Waals surface area contributed by atoms with E-state index in [4.69, 9.17) is 41.2 Å². The number of nitrogens with two attached hydrogens (primary N) is 1. The molecule has 0 fully saturated rings. The zero-order valence-electron chi connectivity index (χ0n) is 8.54. The Kier molecular flexibility index (Phi) is 4.53. The molecule has 1 aromatic carbocycles. The third kappa shape index (κ3) is 3.07. The van der Waals surface area contributed by atoms with Crippen molar-refractivity contribution >= 4 is 46.3 Å². The Morgan fingerprint density at radius 2 is 2.12 bits per heavy atom. The van der Waals surface area contributed by atoms with E-state index in [1.165, 1.54) is 4.90 Å². The van der Waals surface area contributed by atoms with Crippen molar-refractivity contribution in [2.45, 2.75) is 0 Å². The third-order valence-corrected chi connectivity index (χ3v) is 2.87. The van der Waals surface area contributed by atoms with E-state index in [-0.39, 0.29) is 22.5 Å². The highest BCUT2D eigenvalue weighted by molar-refractivity contribution is 7.80. The lowest BCUT2D eigenvalue weighted by Crippen LogP contribution is -2.34. The maximum Gasteiger partial charge on any atom is 0.255 e. The van der Waals surface area contributed by atoms with Gasteiger partial charge in [-0.15, -0.1) is 0 Å². The number of thiocarbonyl (C=S) groups is 1. The molecule has 2 N–H and O–H groups in total. The van der Waals surface area contributed by atoms with Crippen LogP contribution in [0, 0.1) is 0 Å². The number of benzene rings is 1. The van der Waals surface area contributed by atoms with E-state index in [2.05, 4.69) is 0 Å². The van der Waals surface area contributed by atoms with E-state index in [0.29, 0.717) is 10.6 Å². The number of carbonyl (C=O) groups is 1. The molecular formula is C10H10Cl2N2OS. The second-order valence-electron chi connectivity index (χ2n) is 3.23. The molecule has 6 heteroatoms. The van der Waals surface area contributed by atoms with Gasteiger partial charge in [-0.3, -0.25) is 4.79 Å². The van der Waals surface area contributed by atoms with Gasteiger partial charge in [0.05, 0.1) is 27.1 Å². The molecule has 0 aliphatic carbocycles. The first-order chi connectivity index (χ1) is 7.43. The van der Waals surface area contributed by atoms with Crippen LogP contribution in [0.1, 0.15) is 10.4 Å². The van der Waals surface area contributed by atoms with Crippen molar-refractivity contribution < 1.29 is 4.79 Å². The van der Waals surface area contributed by atoms with Gasteiger partial charge in [0.25, 0.3) is 5.91 Å². The standard InChI is InChI=1S/C10H10Cl2N2OS/c1-14(5-8(13)16)10(15)6-3-2-4-7(11)9(6)12/h2-4H,5H2,1H3,(H2,13,16). The van der Waals surface area contributed by atoms with E-state index >= 15 is 0 Å². The van der Waals surface area contributed by atoms with Crippen LogP contribution in [-0.4, -0.2) is 29.4 Å². The van der Waals surface area contributed by atoms with Crippen LogP contribution in [0.15, 0.2) is 18.2 Å². The van der Waals surface area contributed by atoms with Crippen molar-refractivity contribution in [2.75, 3.05) is 13.6 Å². The van der Waals surface area contributed by atoms with Crippen LogP contribution in [0.3, 0.4) is 0 Å². The molecule has 1 aromatic rings. The Labute approximate surface area is 109 Å². The fraction of sp³-hybridized carbons (Fsp3) is 0.200. The monoisotopic (exact) mass is 276 g/mol. The van der Waals surface area contributed by atoms with Crippen LogP contribution in [-0.2, 0) is 0 Å². The number of halogens is 2. The average Bonchev–Trinajstić information content (AvgIpc) is 2.20. The molecule has 0 aromatic heterocycles. The van der Waals surface area contributed by atoms with Gasteiger partial charge < -0.3 is 10.6 Å². The quantitative estimate of drug-likeness (QED) is 0.863. The highest BCUT2D eigenvalue weighted by atomic mass is 35.5. The second-order valence-corrected chi connectivity index (χ2v) is 4.54. The Hall–Kier alpha value is -0.840. The number of carbonyl (C=O) groups excluding carboxylic acids is 1. The Balaban J connectivity index is 2.96. The third-order valence-electron chi connectivity index (χ3n) is 1.92. The van der Waals surface area contributed by atoms with E-state index in [1.54, 1.807) is 25.2 Å². The molecule has 86 valence electrons. The summed E-state index contributed by atoms with van der Waals surface area (Å²) < 4.78 is 0. The van der Waals surface area contributed by atoms with Gasteiger partial charge in [0, 0.05) is 7.05 Å². The number of hydrogen-bond donors (Lipinski definition) is 1. The van der Waals surface area contributed by atoms with Crippen LogP contribution >= 0.6 is 35.4 Å². The van der Waals surface area contributed by atoms with Crippen molar-refractivity contribution in [3.63, 3.8) is 0 Å². The summed E-state index contributed by atoms with van der Waals surface area (Å²) in [6.45, 7) is 0.205. The zero-order valence-corrected chi connectivity index (χ0v) is 10.9. The first-order valence-electron chi connectivity index (χ1n) is 4.41. The molecule has 0 saturated carbocycles. The van der Waals surface area contributed by atoms with Gasteiger partial charge in [-0.05, 0) is 12.1 Å². The molecule has 1 rings (SSSR count). The number of nitrogens with zero attached hydrogens (tertiary/aromatic N) is 1. The van der Waals surface area contributed by atoms with Crippen LogP contribution in [0.25, 0.3) is 0 Å². The number of likely N-dealkylation sites (N-methyl/N-ethyl adjacent to an activating group) is 1. The van der Waals surface area contributed by atoms with Crippen LogP contribution in [0.5, 0.6) is 0 Å². The largest absolute Gasteiger partial charge is 0.392 e. The minimum absolute atomic E-state index is 0.205. The summed E-state index contributed by atoms with van der Waals surface area (Å²) in [5.74, 6) is -0.264. The predicted octanol–water partition coefficient (Wildman–Crippen LogP) is 2.35. The van der Waals surface area contributed by atoms with Crippen molar-refractivity contribution in [3.8, 4) is 0 Å². The molecule has 1 amide bonds. The van der Waals surface area contributed by atoms with Crippen LogP contribution in [0.4, 0.5) is 0 Å². The molecule has 0 aliphatic rings. The summed E-state index contributed by atoms with van der Waals surface area (Å²) >= 11 is 16.5. The van der Waals surface area contributed by atoms with Crippen LogP contribution in [0.2, 0.25) is 10.0 Å². The van der Waals surface area contributed by atoms with Gasteiger partial charge in [0.2, 0.25) is 0 Å². The van der Waals surface area contributed by atoms with Gasteiger partial charge >= 0.3 is 0 Å². The molecule has 0 aliphatic heterocycles. The highest BCUT2D eigenvalue weighted by Gasteiger charge is 2.16. The van der Waals surface area contributed by atoms with E-state index in [9.17, 15) is 4.79 Å². The molecule has 3 nitrogen and oxygen atoms in total. The molecule has 0 unspecified atom stereocenters. The van der Waals surface area contributed by atoms with Gasteiger partial charge in [0.15, 0.2) is 0 Å². The lowest BCUT2D eigenvalue weighted by molar-refractivity contribution is 0.0815. The smallest absolute Gasteiger partial charge is 0.255 e. The lowest BCUT2D eigenvalue weighted by Gasteiger charge is -2.17. The minimum Gasteiger partial charge on any atom is -0.392 e. The molecule has 0 heterocycles. The normalized spacial score (nSPS) is 9.94. The molecule has 0 atom stereocenters. The zero-order chi connectivity index (χ0) is 12.3. The Morgan fingerprint density at radius 3 is 2.69 bits per heavy atom. The number of hydrogen-bond acceptors (Lipinski definition) is 2. The van der Waals surface area contributed by atoms with Gasteiger partial charge in [0.1, 0.15) is 0 Å². The minimum atomic E-state index is -0.264. The topological polar surface area (TPSA) is 46.3 Å². The first kappa shape index (κ1) is 13.2. The first-order valence-corrected chi connectivity index (χ1v) is 5.57. The Morgan fingerprint density at radius 1 is 1.50 bits per heavy atom. The van der Waals surface area contributed by atoms with E-state index in [1.807, 2.05) is 0 Å². The van der Waals surface area contributed by atoms with Crippen LogP contribution < -0.4 is 5.73 Å². The molecule has 0 saturated heterocycles. The van der Waals surface area contributed by atoms with Gasteiger partial charge in [-0.2, -0.15) is 0 Å². The molecule has 16 heavy (non-hydrogen) atoms. The highest BCUT2D eigenvalue weighted by Crippen LogP contribution is 2.26. The van der Waals surface area contributed by atoms with Gasteiger partial charge in [-0.25, -0.2) is 0 Å². The summed E-state index contributed by atoms with van der Waals surface area (Å²) in [6.07, 6.45) is 0. The molecular weight excluding hydrogens is 267 g/mol. The van der Waals surface area contributed by atoms with Crippen molar-refractivity contribution in [1.82, 2.24) is 4.90 Å². The van der Waals surface area contributed by atoms with Crippen molar-refractivity contribution in [2.24, 2.45) is 5.73 Å². The van der Waals surface area contributed by atoms with Gasteiger partial charge in [-0.1, -0.05) is 41.5 Å². The second kappa shape index (κ2) is 5.48. The lowest BCUT2D eigenvalue weighted by atomic mass is 10.2.